The molecule has 4 N–H and O–H groups in total. The zero-order valence-electron chi connectivity index (χ0n) is 14.4. The van der Waals surface area contributed by atoms with Crippen LogP contribution < -0.4 is 10.8 Å². The van der Waals surface area contributed by atoms with E-state index in [9.17, 15) is 9.90 Å². The van der Waals surface area contributed by atoms with Crippen molar-refractivity contribution in [2.45, 2.75) is 6.92 Å². The Kier molecular flexibility index (Phi) is 5.20. The number of hydrogen-bond acceptors (Lipinski definition) is 4. The molecule has 0 aliphatic heterocycles. The highest BCUT2D eigenvalue weighted by atomic mass is 16.5. The maximum absolute atomic E-state index is 11.3. The number of carbonyl (C=O) groups excluding carboxylic acids is 1. The number of fused-ring (bicyclic) bond motifs is 1. The third-order valence-corrected chi connectivity index (χ3v) is 4.14. The molecule has 0 heterocycles. The number of aromatic hydroxyl groups is 1. The Morgan fingerprint density at radius 1 is 1.00 bits per heavy atom. The van der Waals surface area contributed by atoms with Crippen LogP contribution in [0.3, 0.4) is 0 Å². The van der Waals surface area contributed by atoms with E-state index in [2.05, 4.69) is 5.32 Å². The number of hydroxylamine groups is 1. The van der Waals surface area contributed by atoms with Gasteiger partial charge in [-0.15, -0.1) is 0 Å². The lowest BCUT2D eigenvalue weighted by molar-refractivity contribution is 0.0706. The third-order valence-electron chi connectivity index (χ3n) is 4.14. The van der Waals surface area contributed by atoms with Crippen molar-refractivity contribution in [3.05, 3.63) is 77.4 Å². The molecule has 0 spiro atoms. The summed E-state index contributed by atoms with van der Waals surface area (Å²) in [6.45, 7) is 2.66. The summed E-state index contributed by atoms with van der Waals surface area (Å²) in [5.41, 5.74) is 5.05. The van der Waals surface area contributed by atoms with Crippen molar-refractivity contribution in [3.8, 4) is 5.75 Å². The van der Waals surface area contributed by atoms with E-state index in [0.29, 0.717) is 12.1 Å². The first-order chi connectivity index (χ1) is 12.6. The fourth-order valence-corrected chi connectivity index (χ4v) is 2.81. The van der Waals surface area contributed by atoms with Crippen LogP contribution in [0, 0.1) is 0 Å². The summed E-state index contributed by atoms with van der Waals surface area (Å²) in [6.07, 6.45) is 2.02. The number of phenolic OH excluding ortho intramolecular Hbond substituents is 1. The van der Waals surface area contributed by atoms with E-state index in [-0.39, 0.29) is 5.75 Å². The second-order valence-electron chi connectivity index (χ2n) is 6.09. The summed E-state index contributed by atoms with van der Waals surface area (Å²) < 4.78 is 0. The molecular weight excluding hydrogens is 328 g/mol. The predicted octanol–water partition coefficient (Wildman–Crippen LogP) is 4.18. The van der Waals surface area contributed by atoms with Crippen LogP contribution in [0.1, 0.15) is 22.8 Å². The number of rotatable bonds is 5. The summed E-state index contributed by atoms with van der Waals surface area (Å²) in [7, 11) is 0. The fourth-order valence-electron chi connectivity index (χ4n) is 2.81. The largest absolute Gasteiger partial charge is 0.507 e. The third kappa shape index (κ3) is 3.84. The molecule has 132 valence electrons. The van der Waals surface area contributed by atoms with Gasteiger partial charge in [0.15, 0.2) is 0 Å². The zero-order chi connectivity index (χ0) is 18.5. The molecule has 1 amide bonds. The number of hydrogen-bond donors (Lipinski definition) is 4. The molecule has 0 radical (unpaired) electrons. The van der Waals surface area contributed by atoms with Gasteiger partial charge in [-0.25, -0.2) is 5.48 Å². The van der Waals surface area contributed by atoms with Gasteiger partial charge in [-0.3, -0.25) is 10.0 Å². The van der Waals surface area contributed by atoms with Crippen LogP contribution in [-0.4, -0.2) is 22.8 Å². The molecule has 0 aliphatic rings. The maximum Gasteiger partial charge on any atom is 0.274 e. The number of phenols is 1. The molecule has 0 atom stereocenters. The van der Waals surface area contributed by atoms with Crippen LogP contribution in [0.2, 0.25) is 0 Å². The number of benzene rings is 3. The minimum atomic E-state index is -0.530. The van der Waals surface area contributed by atoms with Crippen LogP contribution in [-0.2, 0) is 0 Å². The Morgan fingerprint density at radius 2 is 1.69 bits per heavy atom. The van der Waals surface area contributed by atoms with Gasteiger partial charge in [-0.1, -0.05) is 48.0 Å². The summed E-state index contributed by atoms with van der Waals surface area (Å²) in [4.78, 5) is 11.3. The highest BCUT2D eigenvalue weighted by Gasteiger charge is 2.04. The van der Waals surface area contributed by atoms with Crippen LogP contribution in [0.15, 0.2) is 66.2 Å². The monoisotopic (exact) mass is 348 g/mol. The zero-order valence-corrected chi connectivity index (χ0v) is 14.4. The van der Waals surface area contributed by atoms with E-state index < -0.39 is 5.91 Å². The topological polar surface area (TPSA) is 81.6 Å². The molecule has 3 rings (SSSR count). The molecule has 0 fully saturated rings. The van der Waals surface area contributed by atoms with Gasteiger partial charge in [-0.2, -0.15) is 0 Å². The van der Waals surface area contributed by atoms with E-state index in [1.165, 1.54) is 0 Å². The van der Waals surface area contributed by atoms with E-state index in [4.69, 9.17) is 5.21 Å². The van der Waals surface area contributed by atoms with Gasteiger partial charge >= 0.3 is 0 Å². The Bertz CT molecular complexity index is 963. The SMILES string of the molecule is C/C(=C\c1ccc(C(=O)NO)cc1)CNc1cccc2c(O)cccc12. The molecule has 3 aromatic carbocycles. The van der Waals surface area contributed by atoms with Crippen molar-refractivity contribution >= 4 is 28.4 Å². The molecule has 0 saturated carbocycles. The quantitative estimate of drug-likeness (QED) is 0.412. The van der Waals surface area contributed by atoms with Crippen molar-refractivity contribution < 1.29 is 15.1 Å². The van der Waals surface area contributed by atoms with Gasteiger partial charge in [0.1, 0.15) is 5.75 Å². The summed E-state index contributed by atoms with van der Waals surface area (Å²) in [5, 5.41) is 23.8. The Hall–Kier alpha value is -3.31. The minimum Gasteiger partial charge on any atom is -0.507 e. The van der Waals surface area contributed by atoms with Crippen LogP contribution >= 0.6 is 0 Å². The van der Waals surface area contributed by atoms with Gasteiger partial charge < -0.3 is 10.4 Å². The Labute approximate surface area is 151 Å². The maximum atomic E-state index is 11.3. The smallest absolute Gasteiger partial charge is 0.274 e. The second kappa shape index (κ2) is 7.72. The van der Waals surface area contributed by atoms with Crippen LogP contribution in [0.5, 0.6) is 5.75 Å². The standard InChI is InChI=1S/C21H20N2O3/c1-14(12-15-8-10-16(11-9-15)21(25)23-26)13-22-19-6-2-5-18-17(19)4-3-7-20(18)24/h2-12,22,24,26H,13H2,1H3,(H,23,25)/b14-12+. The molecule has 0 aromatic heterocycles. The lowest BCUT2D eigenvalue weighted by atomic mass is 10.1. The number of amides is 1. The number of carbonyl (C=O) groups is 1. The van der Waals surface area contributed by atoms with Crippen molar-refractivity contribution in [1.82, 2.24) is 5.48 Å². The van der Waals surface area contributed by atoms with E-state index in [0.717, 1.165) is 27.6 Å². The molecule has 0 saturated heterocycles. The van der Waals surface area contributed by atoms with Gasteiger partial charge in [0.05, 0.1) is 0 Å². The van der Waals surface area contributed by atoms with E-state index in [1.807, 2.05) is 55.5 Å². The van der Waals surface area contributed by atoms with Crippen molar-refractivity contribution in [1.29, 1.82) is 0 Å². The van der Waals surface area contributed by atoms with Gasteiger partial charge in [0.25, 0.3) is 5.91 Å². The average molecular weight is 348 g/mol. The second-order valence-corrected chi connectivity index (χ2v) is 6.09. The van der Waals surface area contributed by atoms with Gasteiger partial charge in [0.2, 0.25) is 0 Å². The van der Waals surface area contributed by atoms with Crippen molar-refractivity contribution in [3.63, 3.8) is 0 Å². The molecule has 5 nitrogen and oxygen atoms in total. The molecule has 3 aromatic rings. The number of nitrogens with one attached hydrogen (secondary N) is 2. The van der Waals surface area contributed by atoms with Crippen molar-refractivity contribution in [2.75, 3.05) is 11.9 Å². The lowest BCUT2D eigenvalue weighted by Crippen LogP contribution is -2.18. The summed E-state index contributed by atoms with van der Waals surface area (Å²) in [6, 6.07) is 18.2. The molecule has 5 heteroatoms. The molecule has 0 bridgehead atoms. The van der Waals surface area contributed by atoms with E-state index in [1.54, 1.807) is 23.7 Å². The molecular formula is C21H20N2O3. The van der Waals surface area contributed by atoms with E-state index >= 15 is 0 Å². The fraction of sp³-hybridized carbons (Fsp3) is 0.0952. The first kappa shape index (κ1) is 17.5. The first-order valence-corrected chi connectivity index (χ1v) is 8.25. The van der Waals surface area contributed by atoms with Crippen LogP contribution in [0.4, 0.5) is 5.69 Å². The highest BCUT2D eigenvalue weighted by molar-refractivity contribution is 5.97. The predicted molar refractivity (Wildman–Crippen MR) is 103 cm³/mol. The van der Waals surface area contributed by atoms with Gasteiger partial charge in [-0.05, 0) is 36.8 Å². The number of anilines is 1. The summed E-state index contributed by atoms with van der Waals surface area (Å²) in [5.74, 6) is -0.261. The molecule has 0 unspecified atom stereocenters. The molecule has 26 heavy (non-hydrogen) atoms. The summed E-state index contributed by atoms with van der Waals surface area (Å²) >= 11 is 0. The first-order valence-electron chi connectivity index (χ1n) is 8.25. The average Bonchev–Trinajstić information content (AvgIpc) is 2.67. The van der Waals surface area contributed by atoms with Gasteiger partial charge in [0, 0.05) is 28.6 Å². The highest BCUT2D eigenvalue weighted by Crippen LogP contribution is 2.29. The lowest BCUT2D eigenvalue weighted by Gasteiger charge is -2.11. The normalized spacial score (nSPS) is 11.4. The minimum absolute atomic E-state index is 0.269. The molecule has 0 aliphatic carbocycles. The Balaban J connectivity index is 1.73. The van der Waals surface area contributed by atoms with Crippen molar-refractivity contribution in [2.24, 2.45) is 0 Å². The van der Waals surface area contributed by atoms with Crippen LogP contribution in [0.25, 0.3) is 16.8 Å². The Morgan fingerprint density at radius 3 is 2.42 bits per heavy atom.